The molecule has 0 unspecified atom stereocenters. The average molecular weight is 1400 g/mol. The van der Waals surface area contributed by atoms with Crippen molar-refractivity contribution in [2.75, 3.05) is 138 Å². The summed E-state index contributed by atoms with van der Waals surface area (Å²) in [5.74, 6) is 13.6. The molecule has 0 bridgehead atoms. The quantitative estimate of drug-likeness (QED) is 0.0112. The van der Waals surface area contributed by atoms with Gasteiger partial charge in [-0.15, -0.1) is 37.0 Å². The molecule has 18 nitrogen and oxygen atoms in total. The van der Waals surface area contributed by atoms with Crippen LogP contribution in [0.5, 0.6) is 0 Å². The molecule has 2 aromatic heterocycles. The first kappa shape index (κ1) is 82.1. The van der Waals surface area contributed by atoms with E-state index in [2.05, 4.69) is 211 Å². The zero-order valence-corrected chi connectivity index (χ0v) is 60.5. The molecule has 6 heterocycles. The lowest BCUT2D eigenvalue weighted by atomic mass is 10.1. The Hall–Kier alpha value is -8.87. The lowest BCUT2D eigenvalue weighted by molar-refractivity contribution is 0.125. The van der Waals surface area contributed by atoms with Crippen LogP contribution in [-0.2, 0) is 46.9 Å². The van der Waals surface area contributed by atoms with E-state index in [-0.39, 0.29) is 24.5 Å². The Balaban J connectivity index is 0.000000202. The van der Waals surface area contributed by atoms with E-state index in [1.807, 2.05) is 37.3 Å². The summed E-state index contributed by atoms with van der Waals surface area (Å²) in [5.41, 5.74) is 9.69. The number of benzene rings is 5. The third kappa shape index (κ3) is 35.1. The number of terminal acetylenes is 3. The topological polar surface area (TPSA) is 189 Å². The van der Waals surface area contributed by atoms with Gasteiger partial charge in [-0.1, -0.05) is 167 Å². The van der Waals surface area contributed by atoms with Gasteiger partial charge in [-0.3, -0.25) is 38.6 Å². The van der Waals surface area contributed by atoms with Crippen LogP contribution in [0.25, 0.3) is 0 Å². The molecule has 4 aliphatic heterocycles. The second-order valence-electron chi connectivity index (χ2n) is 25.0. The summed E-state index contributed by atoms with van der Waals surface area (Å²) in [5, 5.41) is 34.5. The van der Waals surface area contributed by atoms with Crippen molar-refractivity contribution in [3.8, 4) is 48.9 Å². The summed E-state index contributed by atoms with van der Waals surface area (Å²) >= 11 is 0. The maximum absolute atomic E-state index is 11.5. The number of oxime groups is 2. The van der Waals surface area contributed by atoms with Gasteiger partial charge in [0.2, 0.25) is 0 Å². The number of aryl methyl sites for hydroxylation is 2. The summed E-state index contributed by atoms with van der Waals surface area (Å²) in [7, 11) is -3.64. The number of unbranched alkanes of at least 4 members (excludes halogenated alkanes) is 1. The van der Waals surface area contributed by atoms with E-state index < -0.39 is 10.1 Å². The SMILES string of the molecule is C#CCCN1CCN(Cc2ccccc2)CC1.C#CCCO.C#CCCOS(=O)(=O)c1ccc(C)cc1.O/N=C/c1cccc(C#CCCN2CCN(Cc3ccccc3)CC2)n1.O/N=C/c1cccc(CCCCN2CCN(Cc3ccccc3)CC2)n1.c1ccc(CN2CCNCC2)cc1. The van der Waals surface area contributed by atoms with Crippen LogP contribution in [0, 0.1) is 55.8 Å². The van der Waals surface area contributed by atoms with E-state index >= 15 is 0 Å². The minimum absolute atomic E-state index is 0.0205. The third-order valence-electron chi connectivity index (χ3n) is 17.1. The van der Waals surface area contributed by atoms with Gasteiger partial charge in [0.25, 0.3) is 10.1 Å². The monoisotopic (exact) mass is 1400 g/mol. The highest BCUT2D eigenvalue weighted by Crippen LogP contribution is 2.16. The Labute approximate surface area is 609 Å². The van der Waals surface area contributed by atoms with Crippen molar-refractivity contribution in [2.24, 2.45) is 10.3 Å². The Morgan fingerprint density at radius 1 is 0.471 bits per heavy atom. The number of aromatic nitrogens is 2. The van der Waals surface area contributed by atoms with Crippen LogP contribution in [0.4, 0.5) is 0 Å². The van der Waals surface area contributed by atoms with E-state index in [9.17, 15) is 8.42 Å². The molecule has 0 aliphatic carbocycles. The fraction of sp³-hybridized carbons (Fsp3) is 0.398. The Morgan fingerprint density at radius 3 is 1.31 bits per heavy atom. The molecule has 5 aromatic carbocycles. The fourth-order valence-corrected chi connectivity index (χ4v) is 12.4. The van der Waals surface area contributed by atoms with Crippen molar-refractivity contribution < 1.29 is 28.1 Å². The molecule has 11 rings (SSSR count). The minimum atomic E-state index is -3.64. The molecule has 102 heavy (non-hydrogen) atoms. The lowest BCUT2D eigenvalue weighted by Gasteiger charge is -2.34. The van der Waals surface area contributed by atoms with Crippen molar-refractivity contribution in [3.63, 3.8) is 0 Å². The molecule has 4 aliphatic rings. The average Bonchev–Trinajstić information content (AvgIpc) is 0.887. The number of nitrogens with one attached hydrogen (secondary N) is 1. The van der Waals surface area contributed by atoms with Crippen LogP contribution in [0.2, 0.25) is 0 Å². The van der Waals surface area contributed by atoms with Crippen LogP contribution in [0.15, 0.2) is 197 Å². The second kappa shape index (κ2) is 50.5. The van der Waals surface area contributed by atoms with Gasteiger partial charge < -0.3 is 25.7 Å². The molecule has 4 saturated heterocycles. The molecule has 0 amide bonds. The highest BCUT2D eigenvalue weighted by molar-refractivity contribution is 7.86. The van der Waals surface area contributed by atoms with Crippen molar-refractivity contribution in [1.82, 2.24) is 49.6 Å². The number of hydrogen-bond acceptors (Lipinski definition) is 18. The second-order valence-corrected chi connectivity index (χ2v) is 26.6. The number of hydrogen-bond donors (Lipinski definition) is 4. The highest BCUT2D eigenvalue weighted by Gasteiger charge is 2.20. The first-order valence-electron chi connectivity index (χ1n) is 35.5. The van der Waals surface area contributed by atoms with Gasteiger partial charge in [0.05, 0.1) is 41.9 Å². The molecule has 4 fully saturated rings. The number of nitrogens with zero attached hydrogens (tertiary/aromatic N) is 11. The van der Waals surface area contributed by atoms with Crippen LogP contribution in [0.1, 0.15) is 89.1 Å². The van der Waals surface area contributed by atoms with Crippen molar-refractivity contribution >= 4 is 22.5 Å². The van der Waals surface area contributed by atoms with Gasteiger partial charge in [0.1, 0.15) is 5.69 Å². The number of aliphatic hydroxyl groups excluding tert-OH is 1. The van der Waals surface area contributed by atoms with E-state index in [4.69, 9.17) is 39.0 Å². The molecule has 0 spiro atoms. The van der Waals surface area contributed by atoms with Gasteiger partial charge in [0.15, 0.2) is 0 Å². The van der Waals surface area contributed by atoms with E-state index in [1.54, 1.807) is 18.2 Å². The van der Waals surface area contributed by atoms with Crippen molar-refractivity contribution in [3.05, 3.63) is 233 Å². The summed E-state index contributed by atoms with van der Waals surface area (Å²) in [6.07, 6.45) is 23.5. The molecular weight excluding hydrogens is 1290 g/mol. The standard InChI is InChI=1S/C21H28N4O.C21H24N4O.C15H20N2.C11H16N2.C11H12O3S.C4H6O/c2*26-22-17-21-11-6-10-20(23-21)9-4-5-12-24-13-15-25(16-14-24)18-19-7-2-1-3-8-19;1-2-3-9-16-10-12-17(13-11-16)14-15-7-5-4-6-8-15;1-2-4-11(5-3-1)10-13-8-6-12-7-9-13;1-3-4-9-14-15(12,13)11-7-5-10(2)6-8-11;1-2-3-4-5/h1-3,6-8,10-11,17,26H,4-5,9,12-16,18H2;1-3,6-8,10-11,17,26H,5,12-16,18H2;1,4-8H,3,9-14H2;1-5,12H,6-10H2;1,5-8H,4,9H2,2H3;1,5H,3-4H2/b2*22-17+;;;;. The summed E-state index contributed by atoms with van der Waals surface area (Å²) in [6, 6.07) is 60.6. The summed E-state index contributed by atoms with van der Waals surface area (Å²) in [4.78, 5) is 26.5. The predicted octanol–water partition coefficient (Wildman–Crippen LogP) is 10.1. The Bertz CT molecular complexity index is 3740. The predicted molar refractivity (Wildman–Crippen MR) is 412 cm³/mol. The van der Waals surface area contributed by atoms with Crippen molar-refractivity contribution in [2.45, 2.75) is 82.9 Å². The van der Waals surface area contributed by atoms with Crippen molar-refractivity contribution in [1.29, 1.82) is 0 Å². The Kier molecular flexibility index (Phi) is 40.6. The third-order valence-corrected chi connectivity index (χ3v) is 18.5. The maximum atomic E-state index is 11.5. The highest BCUT2D eigenvalue weighted by atomic mass is 32.2. The number of aliphatic hydroxyl groups is 1. The molecule has 540 valence electrons. The van der Waals surface area contributed by atoms with Crippen LogP contribution in [-0.4, -0.2) is 218 Å². The molecule has 0 saturated carbocycles. The zero-order chi connectivity index (χ0) is 72.3. The zero-order valence-electron chi connectivity index (χ0n) is 59.7. The van der Waals surface area contributed by atoms with Crippen LogP contribution in [0.3, 0.4) is 0 Å². The van der Waals surface area contributed by atoms with Gasteiger partial charge in [-0.05, 0) is 97.3 Å². The molecule has 19 heteroatoms. The Morgan fingerprint density at radius 2 is 0.882 bits per heavy atom. The van der Waals surface area contributed by atoms with Gasteiger partial charge in [-0.2, -0.15) is 8.42 Å². The molecule has 0 atom stereocenters. The van der Waals surface area contributed by atoms with Gasteiger partial charge >= 0.3 is 0 Å². The molecule has 0 radical (unpaired) electrons. The smallest absolute Gasteiger partial charge is 0.297 e. The lowest BCUT2D eigenvalue weighted by Crippen LogP contribution is -2.46. The van der Waals surface area contributed by atoms with Gasteiger partial charge in [-0.25, -0.2) is 4.98 Å². The van der Waals surface area contributed by atoms with E-state index in [0.29, 0.717) is 23.5 Å². The van der Waals surface area contributed by atoms with E-state index in [1.165, 1.54) is 66.3 Å². The first-order valence-corrected chi connectivity index (χ1v) is 37.0. The van der Waals surface area contributed by atoms with E-state index in [0.717, 1.165) is 174 Å². The molecular formula is C83H106N12O6S. The van der Waals surface area contributed by atoms with Crippen LogP contribution < -0.4 is 5.32 Å². The molecule has 4 N–H and O–H groups in total. The maximum Gasteiger partial charge on any atom is 0.297 e. The number of piperazine rings is 4. The first-order chi connectivity index (χ1) is 50.0. The van der Waals surface area contributed by atoms with Crippen LogP contribution >= 0.6 is 0 Å². The normalized spacial score (nSPS) is 15.4. The summed E-state index contributed by atoms with van der Waals surface area (Å²) < 4.78 is 27.8. The molecule has 7 aromatic rings. The number of pyridine rings is 2. The number of rotatable bonds is 24. The summed E-state index contributed by atoms with van der Waals surface area (Å²) in [6.45, 7) is 27.7. The largest absolute Gasteiger partial charge is 0.411 e. The van der Waals surface area contributed by atoms with Gasteiger partial charge in [0, 0.05) is 175 Å². The minimum Gasteiger partial charge on any atom is -0.411 e. The fourth-order valence-electron chi connectivity index (χ4n) is 11.4.